The highest BCUT2D eigenvalue weighted by Gasteiger charge is 2.25. The van der Waals surface area contributed by atoms with Gasteiger partial charge in [-0.15, -0.1) is 0 Å². The van der Waals surface area contributed by atoms with Crippen molar-refractivity contribution < 1.29 is 0 Å². The molecule has 0 aromatic rings. The van der Waals surface area contributed by atoms with E-state index in [-0.39, 0.29) is 0 Å². The van der Waals surface area contributed by atoms with Crippen molar-refractivity contribution in [2.45, 2.75) is 77.9 Å². The molecule has 0 bridgehead atoms. The minimum atomic E-state index is 0.611. The van der Waals surface area contributed by atoms with Crippen LogP contribution in [0.25, 0.3) is 0 Å². The van der Waals surface area contributed by atoms with E-state index >= 15 is 0 Å². The Hall–Kier alpha value is -0.0800. The van der Waals surface area contributed by atoms with Gasteiger partial charge in [0.05, 0.1) is 0 Å². The summed E-state index contributed by atoms with van der Waals surface area (Å²) in [5.41, 5.74) is 0. The van der Waals surface area contributed by atoms with E-state index in [0.29, 0.717) is 6.04 Å². The van der Waals surface area contributed by atoms with E-state index in [4.69, 9.17) is 0 Å². The van der Waals surface area contributed by atoms with E-state index in [1.165, 1.54) is 38.6 Å². The lowest BCUT2D eigenvalue weighted by atomic mass is 9.99. The topological polar surface area (TPSA) is 15.3 Å². The average Bonchev–Trinajstić information content (AvgIpc) is 2.25. The summed E-state index contributed by atoms with van der Waals surface area (Å²) in [6, 6.07) is 2.15. The first-order valence-corrected chi connectivity index (χ1v) is 7.14. The summed E-state index contributed by atoms with van der Waals surface area (Å²) >= 11 is 0. The van der Waals surface area contributed by atoms with Crippen LogP contribution in [0.1, 0.15) is 59.8 Å². The molecule has 1 heterocycles. The molecule has 0 amide bonds. The maximum Gasteiger partial charge on any atom is 0.0223 e. The lowest BCUT2D eigenvalue weighted by molar-refractivity contribution is 0.0967. The number of hydrogen-bond donors (Lipinski definition) is 1. The van der Waals surface area contributed by atoms with Crippen LogP contribution in [0.15, 0.2) is 0 Å². The van der Waals surface area contributed by atoms with Crippen LogP contribution < -0.4 is 5.32 Å². The molecule has 0 aliphatic carbocycles. The van der Waals surface area contributed by atoms with Gasteiger partial charge in [0, 0.05) is 24.7 Å². The maximum atomic E-state index is 3.61. The predicted molar refractivity (Wildman–Crippen MR) is 71.9 cm³/mol. The van der Waals surface area contributed by atoms with Gasteiger partial charge in [-0.3, -0.25) is 4.90 Å². The summed E-state index contributed by atoms with van der Waals surface area (Å²) in [4.78, 5) is 2.74. The predicted octanol–water partition coefficient (Wildman–Crippen LogP) is 3.03. The Kier molecular flexibility index (Phi) is 6.37. The molecular formula is C14H30N2. The van der Waals surface area contributed by atoms with Gasteiger partial charge in [-0.25, -0.2) is 0 Å². The van der Waals surface area contributed by atoms with Crippen molar-refractivity contribution in [3.05, 3.63) is 0 Å². The Morgan fingerprint density at radius 2 is 2.06 bits per heavy atom. The molecule has 0 spiro atoms. The number of nitrogens with zero attached hydrogens (tertiary/aromatic N) is 1. The van der Waals surface area contributed by atoms with Crippen molar-refractivity contribution in [2.24, 2.45) is 0 Å². The number of piperidine rings is 1. The van der Waals surface area contributed by atoms with Crippen LogP contribution in [0.4, 0.5) is 0 Å². The van der Waals surface area contributed by atoms with E-state index in [1.54, 1.807) is 0 Å². The minimum Gasteiger partial charge on any atom is -0.313 e. The molecule has 16 heavy (non-hydrogen) atoms. The van der Waals surface area contributed by atoms with Gasteiger partial charge in [0.15, 0.2) is 0 Å². The molecule has 1 saturated heterocycles. The summed E-state index contributed by atoms with van der Waals surface area (Å²) < 4.78 is 0. The highest BCUT2D eigenvalue weighted by atomic mass is 15.2. The van der Waals surface area contributed by atoms with Crippen molar-refractivity contribution in [3.8, 4) is 0 Å². The molecule has 1 rings (SSSR count). The van der Waals surface area contributed by atoms with Crippen LogP contribution in [0.3, 0.4) is 0 Å². The van der Waals surface area contributed by atoms with Crippen molar-refractivity contribution >= 4 is 0 Å². The van der Waals surface area contributed by atoms with Gasteiger partial charge in [0.1, 0.15) is 0 Å². The second-order valence-corrected chi connectivity index (χ2v) is 5.59. The maximum absolute atomic E-state index is 3.61. The molecule has 1 aliphatic heterocycles. The highest BCUT2D eigenvalue weighted by Crippen LogP contribution is 2.21. The van der Waals surface area contributed by atoms with Crippen LogP contribution >= 0.6 is 0 Å². The minimum absolute atomic E-state index is 0.611. The highest BCUT2D eigenvalue weighted by molar-refractivity contribution is 4.82. The second kappa shape index (κ2) is 7.29. The lowest BCUT2D eigenvalue weighted by Crippen LogP contribution is -2.49. The summed E-state index contributed by atoms with van der Waals surface area (Å²) in [5.74, 6) is 0. The molecule has 96 valence electrons. The zero-order valence-corrected chi connectivity index (χ0v) is 11.6. The number of rotatable bonds is 6. The van der Waals surface area contributed by atoms with Crippen LogP contribution in [0.2, 0.25) is 0 Å². The molecule has 2 heteroatoms. The summed E-state index contributed by atoms with van der Waals surface area (Å²) in [6.45, 7) is 11.7. The fourth-order valence-corrected chi connectivity index (χ4v) is 2.75. The van der Waals surface area contributed by atoms with Crippen molar-refractivity contribution in [1.82, 2.24) is 10.2 Å². The van der Waals surface area contributed by atoms with Gasteiger partial charge in [-0.2, -0.15) is 0 Å². The number of hydrogen-bond acceptors (Lipinski definition) is 2. The van der Waals surface area contributed by atoms with E-state index < -0.39 is 0 Å². The molecule has 1 N–H and O–H groups in total. The average molecular weight is 226 g/mol. The van der Waals surface area contributed by atoms with Crippen LogP contribution in [-0.4, -0.2) is 36.1 Å². The lowest BCUT2D eigenvalue weighted by Gasteiger charge is -2.40. The summed E-state index contributed by atoms with van der Waals surface area (Å²) in [7, 11) is 0. The van der Waals surface area contributed by atoms with Crippen LogP contribution in [0.5, 0.6) is 0 Å². The molecule has 0 saturated carbocycles. The molecule has 1 fully saturated rings. The smallest absolute Gasteiger partial charge is 0.0223 e. The SMILES string of the molecule is CCCC(CNC(C)C)N1CCCCC1C. The first-order chi connectivity index (χ1) is 7.65. The molecular weight excluding hydrogens is 196 g/mol. The standard InChI is InChI=1S/C14H30N2/c1-5-8-14(11-15-12(2)3)16-10-7-6-9-13(16)4/h12-15H,5-11H2,1-4H3. The first-order valence-electron chi connectivity index (χ1n) is 7.14. The fraction of sp³-hybridized carbons (Fsp3) is 1.00. The number of nitrogens with one attached hydrogen (secondary N) is 1. The summed E-state index contributed by atoms with van der Waals surface area (Å²) in [5, 5.41) is 3.61. The molecule has 1 aliphatic rings. The van der Waals surface area contributed by atoms with Gasteiger partial charge >= 0.3 is 0 Å². The van der Waals surface area contributed by atoms with Crippen molar-refractivity contribution in [3.63, 3.8) is 0 Å². The van der Waals surface area contributed by atoms with Gasteiger partial charge in [0.25, 0.3) is 0 Å². The quantitative estimate of drug-likeness (QED) is 0.749. The Morgan fingerprint density at radius 3 is 2.62 bits per heavy atom. The third-order valence-corrected chi connectivity index (χ3v) is 3.71. The third-order valence-electron chi connectivity index (χ3n) is 3.71. The van der Waals surface area contributed by atoms with Gasteiger partial charge in [-0.05, 0) is 32.7 Å². The largest absolute Gasteiger partial charge is 0.313 e. The van der Waals surface area contributed by atoms with Gasteiger partial charge in [0.2, 0.25) is 0 Å². The molecule has 2 nitrogen and oxygen atoms in total. The van der Waals surface area contributed by atoms with E-state index in [0.717, 1.165) is 18.6 Å². The molecule has 0 radical (unpaired) electrons. The molecule has 0 aromatic carbocycles. The Labute approximate surface area is 102 Å². The first kappa shape index (κ1) is 14.0. The van der Waals surface area contributed by atoms with Crippen molar-refractivity contribution in [2.75, 3.05) is 13.1 Å². The Bertz CT molecular complexity index is 180. The van der Waals surface area contributed by atoms with Gasteiger partial charge < -0.3 is 5.32 Å². The normalized spacial score (nSPS) is 24.9. The second-order valence-electron chi connectivity index (χ2n) is 5.59. The van der Waals surface area contributed by atoms with E-state index in [9.17, 15) is 0 Å². The van der Waals surface area contributed by atoms with Crippen LogP contribution in [0, 0.1) is 0 Å². The van der Waals surface area contributed by atoms with E-state index in [1.807, 2.05) is 0 Å². The zero-order valence-electron chi connectivity index (χ0n) is 11.6. The van der Waals surface area contributed by atoms with Crippen LogP contribution in [-0.2, 0) is 0 Å². The molecule has 2 atom stereocenters. The van der Waals surface area contributed by atoms with Gasteiger partial charge in [-0.1, -0.05) is 33.6 Å². The zero-order chi connectivity index (χ0) is 12.0. The van der Waals surface area contributed by atoms with Crippen molar-refractivity contribution in [1.29, 1.82) is 0 Å². The summed E-state index contributed by atoms with van der Waals surface area (Å²) in [6.07, 6.45) is 6.85. The fourth-order valence-electron chi connectivity index (χ4n) is 2.75. The Balaban J connectivity index is 2.46. The van der Waals surface area contributed by atoms with E-state index in [2.05, 4.69) is 37.9 Å². The Morgan fingerprint density at radius 1 is 1.31 bits per heavy atom. The number of likely N-dealkylation sites (tertiary alicyclic amines) is 1. The molecule has 0 aromatic heterocycles. The molecule has 2 unspecified atom stereocenters. The monoisotopic (exact) mass is 226 g/mol. The third kappa shape index (κ3) is 4.42.